The number of hydrogen-bond acceptors (Lipinski definition) is 3. The molecule has 0 aliphatic carbocycles. The smallest absolute Gasteiger partial charge is 0.315 e. The van der Waals surface area contributed by atoms with E-state index in [0.717, 1.165) is 16.7 Å². The number of rotatable bonds is 5. The summed E-state index contributed by atoms with van der Waals surface area (Å²) in [6, 6.07) is 9.11. The van der Waals surface area contributed by atoms with Gasteiger partial charge in [-0.15, -0.1) is 0 Å². The van der Waals surface area contributed by atoms with Gasteiger partial charge in [-0.1, -0.05) is 18.2 Å². The molecule has 2 atom stereocenters. The van der Waals surface area contributed by atoms with Crippen LogP contribution in [0.5, 0.6) is 0 Å². The third kappa shape index (κ3) is 3.51. The largest absolute Gasteiger partial charge is 0.459 e. The molecule has 0 aliphatic heterocycles. The second-order valence-electron chi connectivity index (χ2n) is 4.94. The van der Waals surface area contributed by atoms with Crippen LogP contribution >= 0.6 is 0 Å². The summed E-state index contributed by atoms with van der Waals surface area (Å²) in [7, 11) is 0. The highest BCUT2D eigenvalue weighted by molar-refractivity contribution is 5.78. The molecule has 0 radical (unpaired) electrons. The van der Waals surface area contributed by atoms with Crippen molar-refractivity contribution in [1.82, 2.24) is 10.6 Å². The number of aliphatic hydroxyl groups is 1. The molecule has 5 heteroatoms. The van der Waals surface area contributed by atoms with Crippen molar-refractivity contribution in [1.29, 1.82) is 0 Å². The Kier molecular flexibility index (Phi) is 4.63. The van der Waals surface area contributed by atoms with Gasteiger partial charge in [-0.25, -0.2) is 4.79 Å². The number of urea groups is 1. The van der Waals surface area contributed by atoms with E-state index in [0.29, 0.717) is 6.42 Å². The zero-order valence-electron chi connectivity index (χ0n) is 11.7. The minimum absolute atomic E-state index is 0.0561. The summed E-state index contributed by atoms with van der Waals surface area (Å²) in [5, 5.41) is 15.4. The normalized spacial score (nSPS) is 13.9. The minimum Gasteiger partial charge on any atom is -0.459 e. The van der Waals surface area contributed by atoms with E-state index in [4.69, 9.17) is 9.52 Å². The Morgan fingerprint density at radius 3 is 2.75 bits per heavy atom. The number of para-hydroxylation sites is 1. The van der Waals surface area contributed by atoms with Crippen LogP contribution in [-0.2, 0) is 0 Å². The molecule has 1 aromatic heterocycles. The highest BCUT2D eigenvalue weighted by Crippen LogP contribution is 2.23. The van der Waals surface area contributed by atoms with Crippen molar-refractivity contribution < 1.29 is 14.3 Å². The minimum atomic E-state index is -0.265. The molecule has 2 aromatic rings. The van der Waals surface area contributed by atoms with Gasteiger partial charge in [0.25, 0.3) is 0 Å². The lowest BCUT2D eigenvalue weighted by Crippen LogP contribution is -2.42. The summed E-state index contributed by atoms with van der Waals surface area (Å²) in [6.45, 7) is 3.77. The Morgan fingerprint density at radius 2 is 2.05 bits per heavy atom. The average Bonchev–Trinajstić information content (AvgIpc) is 2.82. The number of fused-ring (bicyclic) bond motifs is 1. The van der Waals surface area contributed by atoms with E-state index in [-0.39, 0.29) is 24.7 Å². The Bertz CT molecular complexity index is 546. The molecule has 2 amide bonds. The van der Waals surface area contributed by atoms with Crippen molar-refractivity contribution in [2.45, 2.75) is 32.4 Å². The fourth-order valence-electron chi connectivity index (χ4n) is 2.01. The van der Waals surface area contributed by atoms with Gasteiger partial charge >= 0.3 is 6.03 Å². The second kappa shape index (κ2) is 6.43. The van der Waals surface area contributed by atoms with Gasteiger partial charge in [-0.3, -0.25) is 0 Å². The van der Waals surface area contributed by atoms with Crippen molar-refractivity contribution in [3.8, 4) is 0 Å². The van der Waals surface area contributed by atoms with E-state index in [9.17, 15) is 4.79 Å². The molecular formula is C15H20N2O3. The molecule has 0 fully saturated rings. The molecule has 1 unspecified atom stereocenters. The topological polar surface area (TPSA) is 74.5 Å². The van der Waals surface area contributed by atoms with Gasteiger partial charge in [0.1, 0.15) is 11.3 Å². The molecule has 0 saturated carbocycles. The molecule has 5 nitrogen and oxygen atoms in total. The highest BCUT2D eigenvalue weighted by Gasteiger charge is 2.15. The quantitative estimate of drug-likeness (QED) is 0.785. The van der Waals surface area contributed by atoms with Crippen LogP contribution in [0.15, 0.2) is 34.7 Å². The summed E-state index contributed by atoms with van der Waals surface area (Å²) in [6.07, 6.45) is 0.534. The third-order valence-electron chi connectivity index (χ3n) is 3.16. The van der Waals surface area contributed by atoms with E-state index in [1.54, 1.807) is 0 Å². The van der Waals surface area contributed by atoms with Crippen molar-refractivity contribution >= 4 is 17.0 Å². The van der Waals surface area contributed by atoms with Gasteiger partial charge in [-0.2, -0.15) is 0 Å². The second-order valence-corrected chi connectivity index (χ2v) is 4.94. The Labute approximate surface area is 118 Å². The van der Waals surface area contributed by atoms with Gasteiger partial charge in [-0.05, 0) is 32.4 Å². The van der Waals surface area contributed by atoms with E-state index in [2.05, 4.69) is 10.6 Å². The lowest BCUT2D eigenvalue weighted by Gasteiger charge is -2.16. The van der Waals surface area contributed by atoms with Crippen LogP contribution in [0.25, 0.3) is 11.0 Å². The first-order valence-corrected chi connectivity index (χ1v) is 6.76. The number of carbonyl (C=O) groups excluding carboxylic acids is 1. The van der Waals surface area contributed by atoms with Crippen LogP contribution in [0.1, 0.15) is 32.1 Å². The molecule has 0 aliphatic rings. The monoisotopic (exact) mass is 276 g/mol. The maximum Gasteiger partial charge on any atom is 0.315 e. The SMILES string of the molecule is CC(NC(=O)N[C@H](C)CCO)c1cc2ccccc2o1. The summed E-state index contributed by atoms with van der Waals surface area (Å²) >= 11 is 0. The number of benzene rings is 1. The molecule has 0 spiro atoms. The molecule has 1 heterocycles. The zero-order valence-corrected chi connectivity index (χ0v) is 11.7. The molecule has 108 valence electrons. The van der Waals surface area contributed by atoms with Gasteiger partial charge in [0, 0.05) is 18.0 Å². The number of furan rings is 1. The zero-order chi connectivity index (χ0) is 14.5. The first-order chi connectivity index (χ1) is 9.60. The number of carbonyl (C=O) groups is 1. The fraction of sp³-hybridized carbons (Fsp3) is 0.400. The Hall–Kier alpha value is -2.01. The fourth-order valence-corrected chi connectivity index (χ4v) is 2.01. The summed E-state index contributed by atoms with van der Waals surface area (Å²) < 4.78 is 5.70. The van der Waals surface area contributed by atoms with Crippen molar-refractivity contribution in [3.05, 3.63) is 36.1 Å². The van der Waals surface area contributed by atoms with Crippen molar-refractivity contribution in [3.63, 3.8) is 0 Å². The molecule has 2 rings (SSSR count). The number of amides is 2. The van der Waals surface area contributed by atoms with Crippen molar-refractivity contribution in [2.75, 3.05) is 6.61 Å². The van der Waals surface area contributed by atoms with E-state index in [1.165, 1.54) is 0 Å². The van der Waals surface area contributed by atoms with E-state index < -0.39 is 0 Å². The predicted molar refractivity (Wildman–Crippen MR) is 77.5 cm³/mol. The predicted octanol–water partition coefficient (Wildman–Crippen LogP) is 2.56. The van der Waals surface area contributed by atoms with Crippen LogP contribution < -0.4 is 10.6 Å². The first kappa shape index (κ1) is 14.4. The summed E-state index contributed by atoms with van der Waals surface area (Å²) in [4.78, 5) is 11.8. The van der Waals surface area contributed by atoms with E-state index in [1.807, 2.05) is 44.2 Å². The number of hydrogen-bond donors (Lipinski definition) is 3. The lowest BCUT2D eigenvalue weighted by atomic mass is 10.2. The summed E-state index contributed by atoms with van der Waals surface area (Å²) in [5.41, 5.74) is 0.810. The number of nitrogens with one attached hydrogen (secondary N) is 2. The van der Waals surface area contributed by atoms with Crippen molar-refractivity contribution in [2.24, 2.45) is 0 Å². The van der Waals surface area contributed by atoms with Crippen LogP contribution in [0.4, 0.5) is 4.79 Å². The Balaban J connectivity index is 1.97. The summed E-state index contributed by atoms with van der Waals surface area (Å²) in [5.74, 6) is 0.719. The lowest BCUT2D eigenvalue weighted by molar-refractivity contribution is 0.227. The highest BCUT2D eigenvalue weighted by atomic mass is 16.3. The Morgan fingerprint density at radius 1 is 1.30 bits per heavy atom. The standard InChI is InChI=1S/C15H20N2O3/c1-10(7-8-18)16-15(19)17-11(2)14-9-12-5-3-4-6-13(12)20-14/h3-6,9-11,18H,7-8H2,1-2H3,(H2,16,17,19)/t10-,11?/m1/s1. The van der Waals surface area contributed by atoms with Crippen LogP contribution in [-0.4, -0.2) is 23.8 Å². The van der Waals surface area contributed by atoms with Crippen LogP contribution in [0.3, 0.4) is 0 Å². The number of aliphatic hydroxyl groups excluding tert-OH is 1. The molecule has 3 N–H and O–H groups in total. The molecular weight excluding hydrogens is 256 g/mol. The van der Waals surface area contributed by atoms with E-state index >= 15 is 0 Å². The van der Waals surface area contributed by atoms with Gasteiger partial charge in [0.15, 0.2) is 0 Å². The maximum absolute atomic E-state index is 11.8. The molecule has 20 heavy (non-hydrogen) atoms. The molecule has 0 bridgehead atoms. The van der Waals surface area contributed by atoms with Crippen LogP contribution in [0.2, 0.25) is 0 Å². The molecule has 1 aromatic carbocycles. The first-order valence-electron chi connectivity index (χ1n) is 6.76. The van der Waals surface area contributed by atoms with Gasteiger partial charge < -0.3 is 20.2 Å². The third-order valence-corrected chi connectivity index (χ3v) is 3.16. The average molecular weight is 276 g/mol. The van der Waals surface area contributed by atoms with Crippen LogP contribution in [0, 0.1) is 0 Å². The van der Waals surface area contributed by atoms with Gasteiger partial charge in [0.2, 0.25) is 0 Å². The molecule has 0 saturated heterocycles. The maximum atomic E-state index is 11.8. The van der Waals surface area contributed by atoms with Gasteiger partial charge in [0.05, 0.1) is 6.04 Å².